The van der Waals surface area contributed by atoms with Gasteiger partial charge < -0.3 is 9.26 Å². The van der Waals surface area contributed by atoms with E-state index in [1.165, 1.54) is 18.2 Å². The molecular weight excluding hydrogens is 441 g/mol. The molecule has 0 unspecified atom stereocenters. The highest BCUT2D eigenvalue weighted by molar-refractivity contribution is 7.89. The van der Waals surface area contributed by atoms with Gasteiger partial charge in [-0.15, -0.1) is 0 Å². The van der Waals surface area contributed by atoms with Crippen LogP contribution in [0, 0.1) is 0 Å². The summed E-state index contributed by atoms with van der Waals surface area (Å²) in [6.45, 7) is -0.353. The Morgan fingerprint density at radius 3 is 2.59 bits per heavy atom. The van der Waals surface area contributed by atoms with Crippen LogP contribution >= 0.6 is 23.2 Å². The van der Waals surface area contributed by atoms with Gasteiger partial charge in [-0.25, -0.2) is 13.1 Å². The van der Waals surface area contributed by atoms with Crippen molar-refractivity contribution in [1.29, 1.82) is 0 Å². The molecule has 2 aromatic carbocycles. The Balaban J connectivity index is 1.46. The van der Waals surface area contributed by atoms with Gasteiger partial charge in [0.2, 0.25) is 15.8 Å². The predicted molar refractivity (Wildman–Crippen MR) is 106 cm³/mol. The zero-order valence-electron chi connectivity index (χ0n) is 14.8. The number of hydrogen-bond acceptors (Lipinski definition) is 7. The van der Waals surface area contributed by atoms with Crippen molar-refractivity contribution >= 4 is 39.2 Å². The van der Waals surface area contributed by atoms with E-state index in [2.05, 4.69) is 14.9 Å². The third kappa shape index (κ3) is 6.01. The molecule has 0 saturated heterocycles. The zero-order chi connectivity index (χ0) is 20.9. The van der Waals surface area contributed by atoms with Crippen LogP contribution < -0.4 is 4.72 Å². The second-order valence-corrected chi connectivity index (χ2v) is 8.42. The van der Waals surface area contributed by atoms with Crippen molar-refractivity contribution in [2.45, 2.75) is 17.9 Å². The van der Waals surface area contributed by atoms with Crippen molar-refractivity contribution in [2.75, 3.05) is 6.54 Å². The topological polar surface area (TPSA) is 111 Å². The highest BCUT2D eigenvalue weighted by Crippen LogP contribution is 2.19. The van der Waals surface area contributed by atoms with Crippen LogP contribution in [-0.4, -0.2) is 31.1 Å². The Kier molecular flexibility index (Phi) is 6.86. The van der Waals surface area contributed by atoms with Crippen LogP contribution in [0.1, 0.15) is 12.3 Å². The number of benzene rings is 2. The molecule has 0 radical (unpaired) electrons. The van der Waals surface area contributed by atoms with Crippen LogP contribution in [0.25, 0.3) is 11.4 Å². The fourth-order valence-electron chi connectivity index (χ4n) is 2.25. The van der Waals surface area contributed by atoms with Crippen molar-refractivity contribution < 1.29 is 22.5 Å². The van der Waals surface area contributed by atoms with Gasteiger partial charge >= 0.3 is 5.97 Å². The van der Waals surface area contributed by atoms with Gasteiger partial charge in [-0.2, -0.15) is 4.98 Å². The summed E-state index contributed by atoms with van der Waals surface area (Å²) in [7, 11) is -3.77. The van der Waals surface area contributed by atoms with Crippen LogP contribution in [0.5, 0.6) is 0 Å². The van der Waals surface area contributed by atoms with Crippen molar-refractivity contribution in [3.05, 3.63) is 64.5 Å². The van der Waals surface area contributed by atoms with Gasteiger partial charge in [0.05, 0.1) is 11.3 Å². The Hall–Kier alpha value is -2.46. The van der Waals surface area contributed by atoms with E-state index in [4.69, 9.17) is 32.5 Å². The van der Waals surface area contributed by atoms with Crippen molar-refractivity contribution in [2.24, 2.45) is 0 Å². The molecule has 1 aromatic heterocycles. The molecule has 152 valence electrons. The van der Waals surface area contributed by atoms with E-state index in [1.807, 2.05) is 0 Å². The summed E-state index contributed by atoms with van der Waals surface area (Å²) < 4.78 is 36.6. The standard InChI is InChI=1S/C18H15Cl2N3O5S/c19-13-6-4-12(5-7-13)18-22-16(28-23-18)11-27-17(24)8-9-21-29(25,26)15-3-1-2-14(20)10-15/h1-7,10,21H,8-9,11H2. The Bertz CT molecular complexity index is 1100. The summed E-state index contributed by atoms with van der Waals surface area (Å²) >= 11 is 11.6. The van der Waals surface area contributed by atoms with Gasteiger partial charge in [0.1, 0.15) is 0 Å². The average Bonchev–Trinajstić information content (AvgIpc) is 3.16. The van der Waals surface area contributed by atoms with Gasteiger partial charge in [-0.1, -0.05) is 34.4 Å². The second kappa shape index (κ2) is 9.36. The SMILES string of the molecule is O=C(CCNS(=O)(=O)c1cccc(Cl)c1)OCc1nc(-c2ccc(Cl)cc2)no1. The molecule has 0 bridgehead atoms. The van der Waals surface area contributed by atoms with E-state index in [0.29, 0.717) is 21.4 Å². The number of hydrogen-bond donors (Lipinski definition) is 1. The average molecular weight is 456 g/mol. The first-order valence-corrected chi connectivity index (χ1v) is 10.6. The number of nitrogens with zero attached hydrogens (tertiary/aromatic N) is 2. The molecule has 3 rings (SSSR count). The van der Waals surface area contributed by atoms with Crippen LogP contribution in [0.2, 0.25) is 10.0 Å². The van der Waals surface area contributed by atoms with E-state index in [-0.39, 0.29) is 30.4 Å². The largest absolute Gasteiger partial charge is 0.456 e. The summed E-state index contributed by atoms with van der Waals surface area (Å²) in [6, 6.07) is 12.6. The number of carbonyl (C=O) groups is 1. The number of halogens is 2. The fourth-order valence-corrected chi connectivity index (χ4v) is 3.71. The molecule has 0 atom stereocenters. The van der Waals surface area contributed by atoms with Gasteiger partial charge in [0.25, 0.3) is 5.89 Å². The first kappa shape index (κ1) is 21.3. The lowest BCUT2D eigenvalue weighted by atomic mass is 10.2. The monoisotopic (exact) mass is 455 g/mol. The third-order valence-corrected chi connectivity index (χ3v) is 5.60. The Morgan fingerprint density at radius 1 is 1.10 bits per heavy atom. The van der Waals surface area contributed by atoms with Crippen molar-refractivity contribution in [3.8, 4) is 11.4 Å². The van der Waals surface area contributed by atoms with E-state index < -0.39 is 16.0 Å². The number of rotatable bonds is 8. The minimum atomic E-state index is -3.77. The number of aromatic nitrogens is 2. The lowest BCUT2D eigenvalue weighted by Crippen LogP contribution is -2.26. The van der Waals surface area contributed by atoms with Crippen LogP contribution in [0.4, 0.5) is 0 Å². The van der Waals surface area contributed by atoms with Crippen molar-refractivity contribution in [1.82, 2.24) is 14.9 Å². The van der Waals surface area contributed by atoms with Gasteiger partial charge in [-0.3, -0.25) is 4.79 Å². The molecule has 0 saturated carbocycles. The van der Waals surface area contributed by atoms with E-state index in [9.17, 15) is 13.2 Å². The fraction of sp³-hybridized carbons (Fsp3) is 0.167. The summed E-state index contributed by atoms with van der Waals surface area (Å²) in [5.41, 5.74) is 0.700. The lowest BCUT2D eigenvalue weighted by molar-refractivity contribution is -0.145. The summed E-state index contributed by atoms with van der Waals surface area (Å²) in [4.78, 5) is 16.0. The summed E-state index contributed by atoms with van der Waals surface area (Å²) in [6.07, 6.45) is -0.169. The Labute approximate surface area is 176 Å². The van der Waals surface area contributed by atoms with Gasteiger partial charge in [-0.05, 0) is 42.5 Å². The highest BCUT2D eigenvalue weighted by Gasteiger charge is 2.16. The molecule has 0 fully saturated rings. The van der Waals surface area contributed by atoms with E-state index >= 15 is 0 Å². The molecular formula is C18H15Cl2N3O5S. The molecule has 1 heterocycles. The van der Waals surface area contributed by atoms with Crippen LogP contribution in [0.15, 0.2) is 57.9 Å². The molecule has 0 aliphatic rings. The maximum absolute atomic E-state index is 12.1. The summed E-state index contributed by atoms with van der Waals surface area (Å²) in [5, 5.41) is 4.68. The maximum Gasteiger partial charge on any atom is 0.307 e. The number of sulfonamides is 1. The maximum atomic E-state index is 12.1. The quantitative estimate of drug-likeness (QED) is 0.517. The molecule has 0 aliphatic carbocycles. The molecule has 1 N–H and O–H groups in total. The van der Waals surface area contributed by atoms with Gasteiger partial charge in [0.15, 0.2) is 6.61 Å². The summed E-state index contributed by atoms with van der Waals surface area (Å²) in [5.74, 6) is -0.171. The van der Waals surface area contributed by atoms with Gasteiger partial charge in [0, 0.05) is 22.2 Å². The number of esters is 1. The highest BCUT2D eigenvalue weighted by atomic mass is 35.5. The number of ether oxygens (including phenoxy) is 1. The molecule has 0 aliphatic heterocycles. The van der Waals surface area contributed by atoms with Crippen LogP contribution in [-0.2, 0) is 26.2 Å². The van der Waals surface area contributed by atoms with E-state index in [0.717, 1.165) is 0 Å². The second-order valence-electron chi connectivity index (χ2n) is 5.78. The smallest absolute Gasteiger partial charge is 0.307 e. The lowest BCUT2D eigenvalue weighted by Gasteiger charge is -2.07. The molecule has 11 heteroatoms. The van der Waals surface area contributed by atoms with E-state index in [1.54, 1.807) is 30.3 Å². The zero-order valence-corrected chi connectivity index (χ0v) is 17.2. The molecule has 8 nitrogen and oxygen atoms in total. The molecule has 0 amide bonds. The predicted octanol–water partition coefficient (Wildman–Crippen LogP) is 3.46. The first-order valence-electron chi connectivity index (χ1n) is 8.33. The molecule has 3 aromatic rings. The number of nitrogens with one attached hydrogen (secondary N) is 1. The molecule has 29 heavy (non-hydrogen) atoms. The minimum Gasteiger partial charge on any atom is -0.456 e. The first-order chi connectivity index (χ1) is 13.8. The molecule has 0 spiro atoms. The normalized spacial score (nSPS) is 11.4. The van der Waals surface area contributed by atoms with Crippen molar-refractivity contribution in [3.63, 3.8) is 0 Å². The minimum absolute atomic E-state index is 0.0129. The number of carbonyl (C=O) groups excluding carboxylic acids is 1. The Morgan fingerprint density at radius 2 is 1.86 bits per heavy atom. The van der Waals surface area contributed by atoms with Crippen LogP contribution in [0.3, 0.4) is 0 Å². The third-order valence-electron chi connectivity index (χ3n) is 3.65.